The number of methoxy groups -OCH3 is 1. The van der Waals surface area contributed by atoms with Gasteiger partial charge in [-0.25, -0.2) is 0 Å². The molecule has 4 aromatic rings. The molecule has 4 rings (SSSR count). The molecular weight excluding hydrogens is 370 g/mol. The van der Waals surface area contributed by atoms with Crippen LogP contribution in [0.15, 0.2) is 53.1 Å². The molecule has 0 aliphatic rings. The summed E-state index contributed by atoms with van der Waals surface area (Å²) < 4.78 is 16.1. The number of aromatic amines is 1. The minimum atomic E-state index is -0.890. The number of Topliss-reactive ketones (excluding diaryl/α,β-unsaturated/α-hetero) is 1. The van der Waals surface area contributed by atoms with Crippen LogP contribution in [0, 0.1) is 6.92 Å². The number of hydrogen-bond acceptors (Lipinski definition) is 5. The molecule has 0 fully saturated rings. The van der Waals surface area contributed by atoms with Gasteiger partial charge in [0.15, 0.2) is 6.10 Å². The molecule has 0 amide bonds. The van der Waals surface area contributed by atoms with Crippen molar-refractivity contribution in [2.45, 2.75) is 26.4 Å². The molecule has 1 atom stereocenters. The lowest BCUT2D eigenvalue weighted by atomic mass is 10.0. The topological polar surface area (TPSA) is 81.5 Å². The lowest BCUT2D eigenvalue weighted by Gasteiger charge is -2.12. The number of hydrogen-bond donors (Lipinski definition) is 1. The van der Waals surface area contributed by atoms with Gasteiger partial charge in [0.05, 0.1) is 19.8 Å². The number of carbonyl (C=O) groups is 2. The number of ether oxygens (including phenoxy) is 2. The average molecular weight is 391 g/mol. The maximum absolute atomic E-state index is 12.9. The Balaban J connectivity index is 1.49. The summed E-state index contributed by atoms with van der Waals surface area (Å²) in [5.74, 6) is -0.0359. The highest BCUT2D eigenvalue weighted by atomic mass is 16.5. The normalized spacial score (nSPS) is 12.2. The van der Waals surface area contributed by atoms with E-state index in [1.807, 2.05) is 37.3 Å². The zero-order valence-corrected chi connectivity index (χ0v) is 16.4. The number of para-hydroxylation sites is 1. The Morgan fingerprint density at radius 1 is 1.14 bits per heavy atom. The molecule has 0 saturated heterocycles. The monoisotopic (exact) mass is 391 g/mol. The summed E-state index contributed by atoms with van der Waals surface area (Å²) in [6.45, 7) is 3.44. The van der Waals surface area contributed by atoms with Crippen LogP contribution in [0.1, 0.15) is 28.5 Å². The van der Waals surface area contributed by atoms with Gasteiger partial charge >= 0.3 is 5.97 Å². The molecule has 0 saturated carbocycles. The van der Waals surface area contributed by atoms with E-state index in [1.54, 1.807) is 26.2 Å². The third-order valence-electron chi connectivity index (χ3n) is 5.02. The minimum Gasteiger partial charge on any atom is -0.497 e. The number of carbonyl (C=O) groups excluding carboxylic acids is 2. The Morgan fingerprint density at radius 2 is 1.93 bits per heavy atom. The molecule has 0 aliphatic heterocycles. The fraction of sp³-hybridized carbons (Fsp3) is 0.217. The van der Waals surface area contributed by atoms with Gasteiger partial charge < -0.3 is 18.9 Å². The van der Waals surface area contributed by atoms with Gasteiger partial charge in [0.1, 0.15) is 11.3 Å². The number of aryl methyl sites for hydroxylation is 1. The van der Waals surface area contributed by atoms with Crippen LogP contribution in [0.4, 0.5) is 0 Å². The van der Waals surface area contributed by atoms with Crippen molar-refractivity contribution in [1.82, 2.24) is 4.98 Å². The van der Waals surface area contributed by atoms with Crippen molar-refractivity contribution in [1.29, 1.82) is 0 Å². The second kappa shape index (κ2) is 7.47. The van der Waals surface area contributed by atoms with Gasteiger partial charge in [-0.1, -0.05) is 18.2 Å². The van der Waals surface area contributed by atoms with Gasteiger partial charge in [0.2, 0.25) is 5.78 Å². The van der Waals surface area contributed by atoms with Crippen molar-refractivity contribution in [2.75, 3.05) is 7.11 Å². The summed E-state index contributed by atoms with van der Waals surface area (Å²) in [5, 5.41) is 1.64. The third kappa shape index (κ3) is 3.49. The quantitative estimate of drug-likeness (QED) is 0.384. The number of aromatic nitrogens is 1. The van der Waals surface area contributed by atoms with E-state index in [0.29, 0.717) is 22.5 Å². The van der Waals surface area contributed by atoms with Crippen LogP contribution >= 0.6 is 0 Å². The number of ketones is 1. The smallest absolute Gasteiger partial charge is 0.311 e. The molecule has 2 aromatic carbocycles. The number of esters is 1. The van der Waals surface area contributed by atoms with Crippen LogP contribution < -0.4 is 4.74 Å². The van der Waals surface area contributed by atoms with E-state index in [9.17, 15) is 9.59 Å². The molecule has 6 heteroatoms. The summed E-state index contributed by atoms with van der Waals surface area (Å²) in [5.41, 5.74) is 3.53. The maximum atomic E-state index is 12.9. The molecule has 1 unspecified atom stereocenters. The number of furan rings is 1. The van der Waals surface area contributed by atoms with Gasteiger partial charge in [-0.2, -0.15) is 0 Å². The molecule has 0 spiro atoms. The lowest BCUT2D eigenvalue weighted by molar-refractivity contribution is -0.145. The summed E-state index contributed by atoms with van der Waals surface area (Å²) in [6, 6.07) is 13.0. The highest BCUT2D eigenvalue weighted by Gasteiger charge is 2.25. The minimum absolute atomic E-state index is 0.0177. The van der Waals surface area contributed by atoms with Crippen molar-refractivity contribution in [2.24, 2.45) is 0 Å². The number of rotatable bonds is 6. The summed E-state index contributed by atoms with van der Waals surface area (Å²) in [7, 11) is 1.58. The van der Waals surface area contributed by atoms with Crippen LogP contribution in [0.2, 0.25) is 0 Å². The van der Waals surface area contributed by atoms with Gasteiger partial charge in [0.25, 0.3) is 0 Å². The Morgan fingerprint density at radius 3 is 2.72 bits per heavy atom. The zero-order valence-electron chi connectivity index (χ0n) is 16.4. The summed E-state index contributed by atoms with van der Waals surface area (Å²) in [4.78, 5) is 28.6. The van der Waals surface area contributed by atoms with Crippen LogP contribution in [-0.2, 0) is 16.0 Å². The second-order valence-corrected chi connectivity index (χ2v) is 6.97. The molecule has 29 heavy (non-hydrogen) atoms. The Kier molecular flexibility index (Phi) is 4.84. The lowest BCUT2D eigenvalue weighted by Crippen LogP contribution is -2.25. The average Bonchev–Trinajstić information content (AvgIpc) is 3.26. The fourth-order valence-corrected chi connectivity index (χ4v) is 3.57. The van der Waals surface area contributed by atoms with Crippen LogP contribution in [0.5, 0.6) is 5.75 Å². The van der Waals surface area contributed by atoms with E-state index in [-0.39, 0.29) is 12.2 Å². The van der Waals surface area contributed by atoms with Crippen molar-refractivity contribution in [3.05, 3.63) is 65.5 Å². The van der Waals surface area contributed by atoms with Crippen LogP contribution in [-0.4, -0.2) is 30.0 Å². The molecule has 0 radical (unpaired) electrons. The zero-order chi connectivity index (χ0) is 20.5. The number of H-pyrrole nitrogens is 1. The highest BCUT2D eigenvalue weighted by Crippen LogP contribution is 2.27. The van der Waals surface area contributed by atoms with Crippen molar-refractivity contribution in [3.63, 3.8) is 0 Å². The highest BCUT2D eigenvalue weighted by molar-refractivity contribution is 6.11. The first-order valence-corrected chi connectivity index (χ1v) is 9.33. The second-order valence-electron chi connectivity index (χ2n) is 6.97. The van der Waals surface area contributed by atoms with E-state index in [0.717, 1.165) is 22.0 Å². The number of fused-ring (bicyclic) bond motifs is 2. The molecule has 148 valence electrons. The molecule has 2 heterocycles. The number of nitrogens with one attached hydrogen (secondary N) is 1. The molecule has 1 N–H and O–H groups in total. The van der Waals surface area contributed by atoms with E-state index >= 15 is 0 Å². The predicted octanol–water partition coefficient (Wildman–Crippen LogP) is 4.59. The van der Waals surface area contributed by atoms with Gasteiger partial charge in [0, 0.05) is 39.2 Å². The standard InChI is InChI=1S/C23H21NO5/c1-13-22(18-6-4-5-7-19(18)24-13)23(26)14(2)29-21(25)10-15-12-28-20-11-16(27-3)8-9-17(15)20/h4-9,11-12,14,24H,10H2,1-3H3. The van der Waals surface area contributed by atoms with Gasteiger partial charge in [-0.15, -0.1) is 0 Å². The molecule has 0 bridgehead atoms. The molecule has 6 nitrogen and oxygen atoms in total. The number of benzene rings is 2. The third-order valence-corrected chi connectivity index (χ3v) is 5.02. The van der Waals surface area contributed by atoms with E-state index < -0.39 is 12.1 Å². The van der Waals surface area contributed by atoms with E-state index in [2.05, 4.69) is 4.98 Å². The molecule has 2 aromatic heterocycles. The first kappa shape index (κ1) is 18.8. The van der Waals surface area contributed by atoms with Crippen LogP contribution in [0.3, 0.4) is 0 Å². The summed E-state index contributed by atoms with van der Waals surface area (Å²) in [6.07, 6.45) is 0.657. The Labute approximate surface area is 167 Å². The van der Waals surface area contributed by atoms with E-state index in [4.69, 9.17) is 13.9 Å². The van der Waals surface area contributed by atoms with Crippen molar-refractivity contribution >= 4 is 33.6 Å². The van der Waals surface area contributed by atoms with Gasteiger partial charge in [-0.3, -0.25) is 9.59 Å². The fourth-order valence-electron chi connectivity index (χ4n) is 3.57. The van der Waals surface area contributed by atoms with Crippen molar-refractivity contribution < 1.29 is 23.5 Å². The van der Waals surface area contributed by atoms with E-state index in [1.165, 1.54) is 6.26 Å². The van der Waals surface area contributed by atoms with Crippen molar-refractivity contribution in [3.8, 4) is 5.75 Å². The Bertz CT molecular complexity index is 1220. The first-order chi connectivity index (χ1) is 14.0. The predicted molar refractivity (Wildman–Crippen MR) is 109 cm³/mol. The largest absolute Gasteiger partial charge is 0.497 e. The Hall–Kier alpha value is -3.54. The van der Waals surface area contributed by atoms with Gasteiger partial charge in [-0.05, 0) is 32.0 Å². The first-order valence-electron chi connectivity index (χ1n) is 9.33. The van der Waals surface area contributed by atoms with Crippen LogP contribution in [0.25, 0.3) is 21.9 Å². The molecular formula is C23H21NO5. The maximum Gasteiger partial charge on any atom is 0.311 e. The molecule has 0 aliphatic carbocycles. The summed E-state index contributed by atoms with van der Waals surface area (Å²) >= 11 is 0. The SMILES string of the molecule is COc1ccc2c(CC(=O)OC(C)C(=O)c3c(C)[nH]c4ccccc34)coc2c1.